The van der Waals surface area contributed by atoms with E-state index in [9.17, 15) is 9.59 Å². The lowest BCUT2D eigenvalue weighted by Crippen LogP contribution is -2.36. The lowest BCUT2D eigenvalue weighted by atomic mass is 10.1. The zero-order valence-electron chi connectivity index (χ0n) is 18.4. The van der Waals surface area contributed by atoms with Gasteiger partial charge in [0.1, 0.15) is 18.1 Å². The van der Waals surface area contributed by atoms with Crippen molar-refractivity contribution in [1.29, 1.82) is 0 Å². The van der Waals surface area contributed by atoms with Crippen LogP contribution < -0.4 is 25.2 Å². The van der Waals surface area contributed by atoms with Crippen LogP contribution in [0.3, 0.4) is 0 Å². The first-order chi connectivity index (χ1) is 16.4. The normalized spacial score (nSPS) is 15.2. The molecule has 1 aliphatic rings. The first-order valence-corrected chi connectivity index (χ1v) is 11.4. The van der Waals surface area contributed by atoms with Gasteiger partial charge in [-0.25, -0.2) is 0 Å². The van der Waals surface area contributed by atoms with Crippen molar-refractivity contribution < 1.29 is 19.1 Å². The Balaban J connectivity index is 1.31. The minimum atomic E-state index is -0.464. The summed E-state index contributed by atoms with van der Waals surface area (Å²) in [5, 5.41) is 1.09. The second kappa shape index (κ2) is 10.7. The van der Waals surface area contributed by atoms with Crippen molar-refractivity contribution in [3.63, 3.8) is 0 Å². The SMILES string of the molecule is COc1ccc(N2C[C@H](C(=O)NNc3cccc(OCc4ccc(Cl)cc4Cl)c3)CC2=O)cc1. The summed E-state index contributed by atoms with van der Waals surface area (Å²) in [7, 11) is 1.58. The third-order valence-corrected chi connectivity index (χ3v) is 6.04. The number of benzene rings is 3. The summed E-state index contributed by atoms with van der Waals surface area (Å²) in [6.07, 6.45) is 0.143. The number of carbonyl (C=O) groups is 2. The molecule has 2 amide bonds. The summed E-state index contributed by atoms with van der Waals surface area (Å²) in [5.41, 5.74) is 7.77. The number of methoxy groups -OCH3 is 1. The van der Waals surface area contributed by atoms with Crippen molar-refractivity contribution in [1.82, 2.24) is 5.43 Å². The molecule has 0 unspecified atom stereocenters. The Morgan fingerprint density at radius 3 is 2.59 bits per heavy atom. The number of hydrogen-bond acceptors (Lipinski definition) is 5. The molecule has 7 nitrogen and oxygen atoms in total. The van der Waals surface area contributed by atoms with Crippen LogP contribution in [-0.2, 0) is 16.2 Å². The number of nitrogens with one attached hydrogen (secondary N) is 2. The first-order valence-electron chi connectivity index (χ1n) is 10.6. The van der Waals surface area contributed by atoms with Gasteiger partial charge in [0.25, 0.3) is 0 Å². The molecule has 1 atom stereocenters. The topological polar surface area (TPSA) is 79.9 Å². The monoisotopic (exact) mass is 499 g/mol. The smallest absolute Gasteiger partial charge is 0.243 e. The largest absolute Gasteiger partial charge is 0.497 e. The van der Waals surface area contributed by atoms with E-state index in [0.29, 0.717) is 33.8 Å². The van der Waals surface area contributed by atoms with Crippen LogP contribution in [0.2, 0.25) is 10.0 Å². The molecule has 0 spiro atoms. The molecule has 34 heavy (non-hydrogen) atoms. The molecular weight excluding hydrogens is 477 g/mol. The van der Waals surface area contributed by atoms with Gasteiger partial charge in [-0.1, -0.05) is 35.3 Å². The number of ether oxygens (including phenoxy) is 2. The molecule has 0 saturated carbocycles. The fourth-order valence-corrected chi connectivity index (χ4v) is 4.06. The number of hydrazine groups is 1. The summed E-state index contributed by atoms with van der Waals surface area (Å²) in [6, 6.07) is 19.6. The molecule has 0 aromatic heterocycles. The molecule has 0 bridgehead atoms. The zero-order chi connectivity index (χ0) is 24.1. The average Bonchev–Trinajstić information content (AvgIpc) is 3.24. The summed E-state index contributed by atoms with van der Waals surface area (Å²) in [4.78, 5) is 26.7. The molecule has 1 aliphatic heterocycles. The molecular formula is C25H23Cl2N3O4. The van der Waals surface area contributed by atoms with E-state index in [4.69, 9.17) is 32.7 Å². The van der Waals surface area contributed by atoms with Crippen LogP contribution in [0.25, 0.3) is 0 Å². The Morgan fingerprint density at radius 2 is 1.85 bits per heavy atom. The predicted molar refractivity (Wildman–Crippen MR) is 132 cm³/mol. The van der Waals surface area contributed by atoms with E-state index in [-0.39, 0.29) is 24.8 Å². The number of anilines is 2. The molecule has 2 N–H and O–H groups in total. The van der Waals surface area contributed by atoms with Gasteiger partial charge in [0.05, 0.1) is 18.7 Å². The summed E-state index contributed by atoms with van der Waals surface area (Å²) in [6.45, 7) is 0.584. The maximum atomic E-state index is 12.7. The van der Waals surface area contributed by atoms with Crippen LogP contribution in [-0.4, -0.2) is 25.5 Å². The highest BCUT2D eigenvalue weighted by molar-refractivity contribution is 6.35. The second-order valence-corrected chi connectivity index (χ2v) is 8.61. The molecule has 4 rings (SSSR count). The molecule has 3 aromatic carbocycles. The van der Waals surface area contributed by atoms with E-state index in [0.717, 1.165) is 11.3 Å². The Kier molecular flexibility index (Phi) is 7.45. The van der Waals surface area contributed by atoms with E-state index in [1.807, 2.05) is 6.07 Å². The van der Waals surface area contributed by atoms with Gasteiger partial charge >= 0.3 is 0 Å². The molecule has 1 heterocycles. The van der Waals surface area contributed by atoms with Crippen LogP contribution in [0, 0.1) is 5.92 Å². The standard InChI is InChI=1S/C25H23Cl2N3O4/c1-33-21-9-7-20(8-10-21)30-14-17(11-24(30)31)25(32)29-28-19-3-2-4-22(13-19)34-15-16-5-6-18(26)12-23(16)27/h2-10,12-13,17,28H,11,14-15H2,1H3,(H,29,32)/t17-/m1/s1. The maximum Gasteiger partial charge on any atom is 0.243 e. The van der Waals surface area contributed by atoms with E-state index < -0.39 is 5.92 Å². The van der Waals surface area contributed by atoms with Gasteiger partial charge in [0, 0.05) is 40.3 Å². The highest BCUT2D eigenvalue weighted by Crippen LogP contribution is 2.27. The number of hydrogen-bond donors (Lipinski definition) is 2. The molecule has 1 fully saturated rings. The van der Waals surface area contributed by atoms with Crippen molar-refractivity contribution in [2.75, 3.05) is 24.0 Å². The van der Waals surface area contributed by atoms with Gasteiger partial charge in [-0.05, 0) is 48.5 Å². The van der Waals surface area contributed by atoms with Gasteiger partial charge in [0.15, 0.2) is 0 Å². The van der Waals surface area contributed by atoms with Crippen molar-refractivity contribution in [2.24, 2.45) is 5.92 Å². The summed E-state index contributed by atoms with van der Waals surface area (Å²) < 4.78 is 11.0. The lowest BCUT2D eigenvalue weighted by Gasteiger charge is -2.17. The maximum absolute atomic E-state index is 12.7. The van der Waals surface area contributed by atoms with Crippen molar-refractivity contribution in [3.8, 4) is 11.5 Å². The van der Waals surface area contributed by atoms with Gasteiger partial charge in [-0.3, -0.25) is 20.4 Å². The Morgan fingerprint density at radius 1 is 1.06 bits per heavy atom. The summed E-state index contributed by atoms with van der Waals surface area (Å²) in [5.74, 6) is 0.488. The van der Waals surface area contributed by atoms with E-state index in [1.165, 1.54) is 0 Å². The van der Waals surface area contributed by atoms with Crippen LogP contribution in [0.15, 0.2) is 66.7 Å². The van der Waals surface area contributed by atoms with E-state index in [1.54, 1.807) is 72.7 Å². The van der Waals surface area contributed by atoms with Gasteiger partial charge in [0.2, 0.25) is 11.8 Å². The van der Waals surface area contributed by atoms with Crippen LogP contribution in [0.5, 0.6) is 11.5 Å². The Hall–Kier alpha value is -3.42. The lowest BCUT2D eigenvalue weighted by molar-refractivity contribution is -0.125. The Labute approximate surface area is 207 Å². The number of halogens is 2. The second-order valence-electron chi connectivity index (χ2n) is 7.77. The van der Waals surface area contributed by atoms with Crippen LogP contribution in [0.1, 0.15) is 12.0 Å². The number of nitrogens with zero attached hydrogens (tertiary/aromatic N) is 1. The quantitative estimate of drug-likeness (QED) is 0.422. The zero-order valence-corrected chi connectivity index (χ0v) is 19.9. The fraction of sp³-hybridized carbons (Fsp3) is 0.200. The number of carbonyl (C=O) groups excluding carboxylic acids is 2. The molecule has 176 valence electrons. The molecule has 0 radical (unpaired) electrons. The van der Waals surface area contributed by atoms with Gasteiger partial charge in [-0.15, -0.1) is 0 Å². The molecule has 1 saturated heterocycles. The average molecular weight is 500 g/mol. The summed E-state index contributed by atoms with van der Waals surface area (Å²) >= 11 is 12.1. The van der Waals surface area contributed by atoms with E-state index >= 15 is 0 Å². The number of rotatable bonds is 8. The Bertz CT molecular complexity index is 1190. The number of amides is 2. The van der Waals surface area contributed by atoms with Crippen LogP contribution in [0.4, 0.5) is 11.4 Å². The molecule has 0 aliphatic carbocycles. The molecule has 3 aromatic rings. The highest BCUT2D eigenvalue weighted by atomic mass is 35.5. The van der Waals surface area contributed by atoms with Gasteiger partial charge < -0.3 is 14.4 Å². The van der Waals surface area contributed by atoms with Gasteiger partial charge in [-0.2, -0.15) is 0 Å². The third-order valence-electron chi connectivity index (χ3n) is 5.45. The third kappa shape index (κ3) is 5.73. The molecule has 9 heteroatoms. The van der Waals surface area contributed by atoms with Crippen LogP contribution >= 0.6 is 23.2 Å². The fourth-order valence-electron chi connectivity index (χ4n) is 3.59. The van der Waals surface area contributed by atoms with E-state index in [2.05, 4.69) is 10.9 Å². The highest BCUT2D eigenvalue weighted by Gasteiger charge is 2.35. The van der Waals surface area contributed by atoms with Crippen molar-refractivity contribution in [2.45, 2.75) is 13.0 Å². The predicted octanol–water partition coefficient (Wildman–Crippen LogP) is 5.08. The van der Waals surface area contributed by atoms with Crippen molar-refractivity contribution >= 4 is 46.4 Å². The first kappa shape index (κ1) is 23.7. The van der Waals surface area contributed by atoms with Crippen molar-refractivity contribution in [3.05, 3.63) is 82.3 Å². The minimum Gasteiger partial charge on any atom is -0.497 e. The minimum absolute atomic E-state index is 0.0958.